The normalized spacial score (nSPS) is 12.8. The Morgan fingerprint density at radius 1 is 0.481 bits per heavy atom. The molecule has 0 unspecified atom stereocenters. The van der Waals surface area contributed by atoms with E-state index in [9.17, 15) is 0 Å². The number of aromatic nitrogens is 3. The number of hydrogen-bond acceptors (Lipinski definition) is 3. The molecule has 3 heterocycles. The number of fused-ring (bicyclic) bond motifs is 3. The van der Waals surface area contributed by atoms with Gasteiger partial charge in [-0.2, -0.15) is 0 Å². The van der Waals surface area contributed by atoms with Crippen LogP contribution >= 0.6 is 0 Å². The van der Waals surface area contributed by atoms with Gasteiger partial charge in [-0.3, -0.25) is 0 Å². The summed E-state index contributed by atoms with van der Waals surface area (Å²) in [6.07, 6.45) is 1.74. The highest BCUT2D eigenvalue weighted by molar-refractivity contribution is 6.12. The summed E-state index contributed by atoms with van der Waals surface area (Å²) in [5, 5.41) is 2.47. The van der Waals surface area contributed by atoms with E-state index in [2.05, 4.69) is 166 Å². The Morgan fingerprint density at radius 2 is 1.09 bits per heavy atom. The van der Waals surface area contributed by atoms with Crippen molar-refractivity contribution in [3.05, 3.63) is 132 Å². The summed E-state index contributed by atoms with van der Waals surface area (Å²) in [7, 11) is 0. The van der Waals surface area contributed by atoms with Crippen LogP contribution in [0.4, 0.5) is 0 Å². The van der Waals surface area contributed by atoms with Crippen LogP contribution in [0.25, 0.3) is 55.4 Å². The quantitative estimate of drug-likeness (QED) is 0.193. The predicted octanol–water partition coefficient (Wildman–Crippen LogP) is 14.1. The molecule has 0 aliphatic carbocycles. The second kappa shape index (κ2) is 13.3. The van der Waals surface area contributed by atoms with Crippen molar-refractivity contribution in [2.45, 2.75) is 105 Å². The predicted molar refractivity (Wildman–Crippen MR) is 229 cm³/mol. The number of nitrogens with one attached hydrogen (secondary N) is 1. The summed E-state index contributed by atoms with van der Waals surface area (Å²) in [6, 6.07) is 37.1. The van der Waals surface area contributed by atoms with Gasteiger partial charge in [0.15, 0.2) is 0 Å². The molecule has 0 bridgehead atoms. The van der Waals surface area contributed by atoms with Gasteiger partial charge in [0.1, 0.15) is 5.75 Å². The minimum Gasteiger partial charge on any atom is -0.439 e. The van der Waals surface area contributed by atoms with Crippen LogP contribution in [-0.2, 0) is 21.7 Å². The third kappa shape index (κ3) is 7.57. The highest BCUT2D eigenvalue weighted by Crippen LogP contribution is 2.42. The molecule has 0 atom stereocenters. The van der Waals surface area contributed by atoms with Crippen LogP contribution in [0, 0.1) is 0 Å². The molecule has 0 saturated carbocycles. The average Bonchev–Trinajstić information content (AvgIpc) is 3.48. The van der Waals surface area contributed by atoms with Gasteiger partial charge in [-0.05, 0) is 110 Å². The van der Waals surface area contributed by atoms with Crippen molar-refractivity contribution >= 4 is 21.8 Å². The molecule has 4 nitrogen and oxygen atoms in total. The van der Waals surface area contributed by atoms with Crippen molar-refractivity contribution in [3.8, 4) is 45.3 Å². The van der Waals surface area contributed by atoms with Gasteiger partial charge in [-0.25, -0.2) is 9.97 Å². The Hall–Kier alpha value is -5.22. The first-order valence-electron chi connectivity index (χ1n) is 19.2. The highest BCUT2D eigenvalue weighted by atomic mass is 16.5. The number of ether oxygens (including phenoxy) is 1. The second-order valence-electron chi connectivity index (χ2n) is 19.1. The van der Waals surface area contributed by atoms with Crippen molar-refractivity contribution in [1.29, 1.82) is 0 Å². The molecule has 4 heteroatoms. The second-order valence-corrected chi connectivity index (χ2v) is 19.1. The molecule has 7 rings (SSSR count). The number of benzene rings is 4. The molecule has 7 aromatic rings. The fraction of sp³-hybridized carbons (Fsp3) is 0.320. The van der Waals surface area contributed by atoms with Gasteiger partial charge in [0, 0.05) is 39.7 Å². The Kier molecular flexibility index (Phi) is 9.12. The summed E-state index contributed by atoms with van der Waals surface area (Å²) in [5.41, 5.74) is 13.6. The monoisotopic (exact) mass is 713 g/mol. The van der Waals surface area contributed by atoms with Crippen molar-refractivity contribution in [1.82, 2.24) is 15.0 Å². The number of hydrogen-bond donors (Lipinski definition) is 1. The molecule has 276 valence electrons. The summed E-state index contributed by atoms with van der Waals surface area (Å²) in [5.74, 6) is 1.27. The molecule has 3 aromatic heterocycles. The lowest BCUT2D eigenvalue weighted by atomic mass is 9.79. The minimum atomic E-state index is -0.0750. The maximum Gasteiger partial charge on any atom is 0.219 e. The molecule has 4 aromatic carbocycles. The van der Waals surface area contributed by atoms with Gasteiger partial charge in [0.25, 0.3) is 0 Å². The van der Waals surface area contributed by atoms with Gasteiger partial charge in [-0.15, -0.1) is 0 Å². The number of H-pyrrole nitrogens is 1. The SMILES string of the molecule is CC(C)(C)c1cc(-c2cc(-c3cccc(Oc4ccccn4)c3)nc(-c3cc(C(C)(C)C)cc4c3[nH]c3ccc(C(C)(C)C)cc34)c2)cc(C(C)(C)C)c1. The summed E-state index contributed by atoms with van der Waals surface area (Å²) < 4.78 is 6.21. The smallest absolute Gasteiger partial charge is 0.219 e. The summed E-state index contributed by atoms with van der Waals surface area (Å²) in [4.78, 5) is 13.7. The van der Waals surface area contributed by atoms with Crippen LogP contribution in [0.1, 0.15) is 105 Å². The van der Waals surface area contributed by atoms with Gasteiger partial charge in [0.05, 0.1) is 16.9 Å². The van der Waals surface area contributed by atoms with Crippen molar-refractivity contribution < 1.29 is 4.74 Å². The molecule has 0 saturated heterocycles. The Bertz CT molecular complexity index is 2460. The molecular weight excluding hydrogens is 659 g/mol. The lowest BCUT2D eigenvalue weighted by Gasteiger charge is -2.26. The molecule has 0 aliphatic rings. The molecule has 0 spiro atoms. The van der Waals surface area contributed by atoms with E-state index in [1.54, 1.807) is 6.20 Å². The molecular formula is C50H55N3O. The van der Waals surface area contributed by atoms with Crippen LogP contribution in [0.3, 0.4) is 0 Å². The molecule has 54 heavy (non-hydrogen) atoms. The van der Waals surface area contributed by atoms with E-state index in [4.69, 9.17) is 9.72 Å². The maximum absolute atomic E-state index is 6.21. The zero-order valence-corrected chi connectivity index (χ0v) is 34.2. The van der Waals surface area contributed by atoms with E-state index in [1.807, 2.05) is 30.3 Å². The first-order valence-corrected chi connectivity index (χ1v) is 19.2. The number of rotatable bonds is 5. The van der Waals surface area contributed by atoms with Crippen LogP contribution in [0.5, 0.6) is 11.6 Å². The molecule has 0 aliphatic heterocycles. The maximum atomic E-state index is 6.21. The fourth-order valence-corrected chi connectivity index (χ4v) is 6.99. The largest absolute Gasteiger partial charge is 0.439 e. The molecule has 0 fully saturated rings. The Morgan fingerprint density at radius 3 is 1.72 bits per heavy atom. The molecule has 1 N–H and O–H groups in total. The van der Waals surface area contributed by atoms with E-state index in [0.29, 0.717) is 11.6 Å². The molecule has 0 amide bonds. The van der Waals surface area contributed by atoms with Crippen LogP contribution in [-0.4, -0.2) is 15.0 Å². The van der Waals surface area contributed by atoms with E-state index < -0.39 is 0 Å². The van der Waals surface area contributed by atoms with Crippen molar-refractivity contribution in [2.24, 2.45) is 0 Å². The molecule has 0 radical (unpaired) electrons. The first kappa shape index (κ1) is 37.1. The first-order chi connectivity index (χ1) is 25.2. The van der Waals surface area contributed by atoms with Gasteiger partial charge in [0.2, 0.25) is 5.88 Å². The van der Waals surface area contributed by atoms with E-state index in [0.717, 1.165) is 39.1 Å². The lowest BCUT2D eigenvalue weighted by molar-refractivity contribution is 0.463. The lowest BCUT2D eigenvalue weighted by Crippen LogP contribution is -2.16. The topological polar surface area (TPSA) is 50.8 Å². The highest BCUT2D eigenvalue weighted by Gasteiger charge is 2.24. The van der Waals surface area contributed by atoms with Crippen LogP contribution in [0.15, 0.2) is 109 Å². The third-order valence-corrected chi connectivity index (χ3v) is 10.5. The van der Waals surface area contributed by atoms with Gasteiger partial charge >= 0.3 is 0 Å². The fourth-order valence-electron chi connectivity index (χ4n) is 6.99. The van der Waals surface area contributed by atoms with E-state index in [-0.39, 0.29) is 21.7 Å². The van der Waals surface area contributed by atoms with E-state index in [1.165, 1.54) is 38.6 Å². The summed E-state index contributed by atoms with van der Waals surface area (Å²) in [6.45, 7) is 27.5. The zero-order chi connectivity index (χ0) is 38.8. The number of pyridine rings is 2. The van der Waals surface area contributed by atoms with E-state index >= 15 is 0 Å². The van der Waals surface area contributed by atoms with Gasteiger partial charge < -0.3 is 9.72 Å². The third-order valence-electron chi connectivity index (χ3n) is 10.5. The summed E-state index contributed by atoms with van der Waals surface area (Å²) >= 11 is 0. The standard InChI is InChI=1S/C50H55N3O/c1-47(2,3)34-19-20-42-39(28-34)40-29-37(50(10,11)12)30-41(46(40)53-42)44-26-33(32-22-35(48(4,5)6)27-36(23-32)49(7,8)9)25-43(52-44)31-16-15-17-38(24-31)54-45-18-13-14-21-51-45/h13-30,53H,1-12H3. The average molecular weight is 714 g/mol. The van der Waals surface area contributed by atoms with Crippen molar-refractivity contribution in [2.75, 3.05) is 0 Å². The number of aromatic amines is 1. The number of nitrogens with zero attached hydrogens (tertiary/aromatic N) is 2. The van der Waals surface area contributed by atoms with Crippen LogP contribution < -0.4 is 4.74 Å². The zero-order valence-electron chi connectivity index (χ0n) is 34.2. The Balaban J connectivity index is 1.52. The van der Waals surface area contributed by atoms with Crippen molar-refractivity contribution in [3.63, 3.8) is 0 Å². The van der Waals surface area contributed by atoms with Crippen LogP contribution in [0.2, 0.25) is 0 Å². The minimum absolute atomic E-state index is 0.0185. The Labute approximate surface area is 322 Å². The van der Waals surface area contributed by atoms with Gasteiger partial charge in [-0.1, -0.05) is 126 Å².